The van der Waals surface area contributed by atoms with Gasteiger partial charge in [0.1, 0.15) is 0 Å². The Hall–Kier alpha value is -2.45. The third-order valence-electron chi connectivity index (χ3n) is 5.03. The molecule has 1 heterocycles. The highest BCUT2D eigenvalue weighted by molar-refractivity contribution is 7.88. The summed E-state index contributed by atoms with van der Waals surface area (Å²) >= 11 is 0. The zero-order valence-electron chi connectivity index (χ0n) is 16.7. The second kappa shape index (κ2) is 7.89. The molecule has 3 rings (SSSR count). The Morgan fingerprint density at radius 2 is 1.43 bits per heavy atom. The number of hydrogen-bond donors (Lipinski definition) is 0. The highest BCUT2D eigenvalue weighted by Crippen LogP contribution is 2.42. The highest BCUT2D eigenvalue weighted by atomic mass is 32.2. The van der Waals surface area contributed by atoms with Crippen molar-refractivity contribution in [2.45, 2.75) is 12.5 Å². The minimum atomic E-state index is -3.37. The molecule has 0 radical (unpaired) electrons. The summed E-state index contributed by atoms with van der Waals surface area (Å²) in [5.74, 6) is 2.22. The summed E-state index contributed by atoms with van der Waals surface area (Å²) in [6.07, 6.45) is 1.23. The molecule has 0 amide bonds. The van der Waals surface area contributed by atoms with E-state index in [4.69, 9.17) is 18.9 Å². The maximum atomic E-state index is 12.3. The van der Waals surface area contributed by atoms with Gasteiger partial charge in [0.05, 0.1) is 34.7 Å². The van der Waals surface area contributed by atoms with Crippen LogP contribution in [-0.4, -0.2) is 54.0 Å². The first-order valence-electron chi connectivity index (χ1n) is 8.74. The Bertz CT molecular complexity index is 973. The summed E-state index contributed by atoms with van der Waals surface area (Å²) in [5.41, 5.74) is 2.82. The van der Waals surface area contributed by atoms with Gasteiger partial charge in [-0.15, -0.1) is 0 Å². The predicted octanol–water partition coefficient (Wildman–Crippen LogP) is 2.63. The van der Waals surface area contributed by atoms with Crippen molar-refractivity contribution in [3.05, 3.63) is 47.0 Å². The minimum Gasteiger partial charge on any atom is -0.493 e. The van der Waals surface area contributed by atoms with Crippen molar-refractivity contribution in [2.75, 3.05) is 41.2 Å². The van der Waals surface area contributed by atoms with Gasteiger partial charge in [-0.05, 0) is 41.0 Å². The van der Waals surface area contributed by atoms with Crippen molar-refractivity contribution < 1.29 is 27.4 Å². The van der Waals surface area contributed by atoms with E-state index in [1.54, 1.807) is 28.4 Å². The molecule has 0 spiro atoms. The number of ether oxygens (including phenoxy) is 4. The minimum absolute atomic E-state index is 0.182. The van der Waals surface area contributed by atoms with Crippen LogP contribution >= 0.6 is 0 Å². The Morgan fingerprint density at radius 3 is 2.00 bits per heavy atom. The van der Waals surface area contributed by atoms with Crippen molar-refractivity contribution in [2.24, 2.45) is 0 Å². The largest absolute Gasteiger partial charge is 0.493 e. The number of hydrogen-bond acceptors (Lipinski definition) is 6. The second-order valence-corrected chi connectivity index (χ2v) is 8.61. The maximum Gasteiger partial charge on any atom is 0.211 e. The van der Waals surface area contributed by atoms with Gasteiger partial charge in [0.25, 0.3) is 0 Å². The van der Waals surface area contributed by atoms with Gasteiger partial charge in [0, 0.05) is 19.0 Å². The van der Waals surface area contributed by atoms with E-state index in [-0.39, 0.29) is 12.5 Å². The average Bonchev–Trinajstić information content (AvgIpc) is 2.70. The summed E-state index contributed by atoms with van der Waals surface area (Å²) in [6, 6.07) is 9.41. The van der Waals surface area contributed by atoms with Gasteiger partial charge in [-0.2, -0.15) is 4.31 Å². The smallest absolute Gasteiger partial charge is 0.211 e. The molecule has 152 valence electrons. The van der Waals surface area contributed by atoms with Crippen LogP contribution in [0.3, 0.4) is 0 Å². The third-order valence-corrected chi connectivity index (χ3v) is 6.25. The number of rotatable bonds is 6. The molecule has 0 fully saturated rings. The van der Waals surface area contributed by atoms with E-state index in [1.165, 1.54) is 10.6 Å². The number of sulfonamides is 1. The molecule has 1 unspecified atom stereocenters. The molecule has 8 heteroatoms. The fourth-order valence-electron chi connectivity index (χ4n) is 3.56. The lowest BCUT2D eigenvalue weighted by molar-refractivity contribution is 0.343. The molecular formula is C20H25NO6S. The van der Waals surface area contributed by atoms with Crippen molar-refractivity contribution >= 4 is 10.0 Å². The zero-order valence-corrected chi connectivity index (χ0v) is 17.5. The molecule has 1 aliphatic heterocycles. The summed E-state index contributed by atoms with van der Waals surface area (Å²) in [6.45, 7) is 0.620. The van der Waals surface area contributed by atoms with Gasteiger partial charge in [-0.3, -0.25) is 0 Å². The van der Waals surface area contributed by atoms with Crippen LogP contribution in [0, 0.1) is 0 Å². The Labute approximate surface area is 165 Å². The molecule has 0 saturated carbocycles. The van der Waals surface area contributed by atoms with Gasteiger partial charge in [0.15, 0.2) is 23.0 Å². The number of fused-ring (bicyclic) bond motifs is 1. The van der Waals surface area contributed by atoms with E-state index in [2.05, 4.69) is 0 Å². The van der Waals surface area contributed by atoms with Crippen LogP contribution in [0.15, 0.2) is 30.3 Å². The van der Waals surface area contributed by atoms with E-state index in [1.807, 2.05) is 30.3 Å². The van der Waals surface area contributed by atoms with Crippen LogP contribution in [0.25, 0.3) is 0 Å². The molecule has 0 N–H and O–H groups in total. The molecule has 0 bridgehead atoms. The lowest BCUT2D eigenvalue weighted by Crippen LogP contribution is -2.38. The lowest BCUT2D eigenvalue weighted by Gasteiger charge is -2.34. The third kappa shape index (κ3) is 3.74. The quantitative estimate of drug-likeness (QED) is 0.733. The molecule has 2 aromatic rings. The fraction of sp³-hybridized carbons (Fsp3) is 0.400. The van der Waals surface area contributed by atoms with Crippen molar-refractivity contribution in [3.8, 4) is 23.0 Å². The summed E-state index contributed by atoms with van der Waals surface area (Å²) in [5, 5.41) is 0. The predicted molar refractivity (Wildman–Crippen MR) is 106 cm³/mol. The molecule has 7 nitrogen and oxygen atoms in total. The van der Waals surface area contributed by atoms with Crippen LogP contribution in [0.4, 0.5) is 0 Å². The first-order chi connectivity index (χ1) is 13.3. The molecule has 1 atom stereocenters. The summed E-state index contributed by atoms with van der Waals surface area (Å²) in [7, 11) is 2.94. The van der Waals surface area contributed by atoms with Gasteiger partial charge in [-0.1, -0.05) is 6.07 Å². The fourth-order valence-corrected chi connectivity index (χ4v) is 4.36. The Balaban J connectivity index is 2.17. The maximum absolute atomic E-state index is 12.3. The Morgan fingerprint density at radius 1 is 0.857 bits per heavy atom. The molecule has 2 aromatic carbocycles. The Kier molecular flexibility index (Phi) is 5.71. The summed E-state index contributed by atoms with van der Waals surface area (Å²) < 4.78 is 47.7. The van der Waals surface area contributed by atoms with E-state index >= 15 is 0 Å². The van der Waals surface area contributed by atoms with Crippen molar-refractivity contribution in [1.82, 2.24) is 4.31 Å². The average molecular weight is 407 g/mol. The van der Waals surface area contributed by atoms with Crippen LogP contribution in [0.1, 0.15) is 22.6 Å². The molecule has 28 heavy (non-hydrogen) atoms. The van der Waals surface area contributed by atoms with Gasteiger partial charge in [-0.25, -0.2) is 8.42 Å². The van der Waals surface area contributed by atoms with E-state index in [9.17, 15) is 8.42 Å². The zero-order chi connectivity index (χ0) is 20.5. The number of nitrogens with zero attached hydrogens (tertiary/aromatic N) is 1. The SMILES string of the molecule is COc1ccc(C2CN(S(C)(=O)=O)Cc3cc(OC)c(OC)cc32)cc1OC. The second-order valence-electron chi connectivity index (χ2n) is 6.63. The van der Waals surface area contributed by atoms with Gasteiger partial charge < -0.3 is 18.9 Å². The molecule has 0 aliphatic carbocycles. The van der Waals surface area contributed by atoms with Crippen LogP contribution in [0.2, 0.25) is 0 Å². The first-order valence-corrected chi connectivity index (χ1v) is 10.6. The standard InChI is InChI=1S/C20H25NO6S/c1-24-17-7-6-13(8-18(17)25-2)16-12-21(28(5,22)23)11-14-9-19(26-3)20(27-4)10-15(14)16/h6-10,16H,11-12H2,1-5H3. The normalized spacial score (nSPS) is 17.0. The van der Waals surface area contributed by atoms with Crippen LogP contribution in [-0.2, 0) is 16.6 Å². The topological polar surface area (TPSA) is 74.3 Å². The van der Waals surface area contributed by atoms with Crippen LogP contribution < -0.4 is 18.9 Å². The first kappa shape index (κ1) is 20.3. The van der Waals surface area contributed by atoms with Gasteiger partial charge in [0.2, 0.25) is 10.0 Å². The van der Waals surface area contributed by atoms with E-state index in [0.717, 1.165) is 16.7 Å². The van der Waals surface area contributed by atoms with Crippen molar-refractivity contribution in [1.29, 1.82) is 0 Å². The lowest BCUT2D eigenvalue weighted by atomic mass is 9.85. The number of methoxy groups -OCH3 is 4. The van der Waals surface area contributed by atoms with E-state index < -0.39 is 10.0 Å². The molecule has 1 aliphatic rings. The highest BCUT2D eigenvalue weighted by Gasteiger charge is 2.33. The van der Waals surface area contributed by atoms with Crippen LogP contribution in [0.5, 0.6) is 23.0 Å². The van der Waals surface area contributed by atoms with E-state index in [0.29, 0.717) is 29.5 Å². The molecular weight excluding hydrogens is 382 g/mol. The molecule has 0 aromatic heterocycles. The number of benzene rings is 2. The van der Waals surface area contributed by atoms with Crippen molar-refractivity contribution in [3.63, 3.8) is 0 Å². The molecule has 0 saturated heterocycles. The monoisotopic (exact) mass is 407 g/mol. The summed E-state index contributed by atoms with van der Waals surface area (Å²) in [4.78, 5) is 0. The van der Waals surface area contributed by atoms with Gasteiger partial charge >= 0.3 is 0 Å².